The molecule has 33 heavy (non-hydrogen) atoms. The van der Waals surface area contributed by atoms with Gasteiger partial charge in [-0.2, -0.15) is 0 Å². The molecule has 1 atom stereocenters. The van der Waals surface area contributed by atoms with Crippen LogP contribution in [0.15, 0.2) is 48.5 Å². The molecule has 0 bridgehead atoms. The number of rotatable bonds is 7. The Hall–Kier alpha value is -3.59. The van der Waals surface area contributed by atoms with E-state index in [0.717, 1.165) is 12.8 Å². The summed E-state index contributed by atoms with van der Waals surface area (Å²) in [5, 5.41) is 5.66. The third kappa shape index (κ3) is 5.43. The van der Waals surface area contributed by atoms with Crippen LogP contribution in [0.25, 0.3) is 0 Å². The quantitative estimate of drug-likeness (QED) is 0.673. The number of amides is 4. The van der Waals surface area contributed by atoms with Crippen molar-refractivity contribution in [1.82, 2.24) is 5.32 Å². The Kier molecular flexibility index (Phi) is 7.09. The fraction of sp³-hybridized carbons (Fsp3) is 0.375. The number of nitrogens with zero attached hydrogens (tertiary/aromatic N) is 2. The molecule has 2 heterocycles. The first-order valence-electron chi connectivity index (χ1n) is 11.1. The molecule has 2 aliphatic heterocycles. The summed E-state index contributed by atoms with van der Waals surface area (Å²) in [6, 6.07) is 13.7. The van der Waals surface area contributed by atoms with Gasteiger partial charge in [-0.25, -0.2) is 4.79 Å². The standard InChI is InChI=1S/C24H28N4O5/c1-2-32-18-11-9-17(10-12-18)26-24(31)28-16-23(30)27(20-7-3-4-8-21(20)28)15-22(29)25-14-19-6-5-13-33-19/h3-4,7-12,19H,2,5-6,13-16H2,1H3,(H,25,29)(H,26,31). The molecule has 0 saturated carbocycles. The Labute approximate surface area is 192 Å². The smallest absolute Gasteiger partial charge is 0.326 e. The lowest BCUT2D eigenvalue weighted by atomic mass is 10.1. The molecule has 9 heteroatoms. The molecule has 0 aliphatic carbocycles. The van der Waals surface area contributed by atoms with Crippen molar-refractivity contribution in [2.24, 2.45) is 0 Å². The maximum atomic E-state index is 13.0. The van der Waals surface area contributed by atoms with E-state index in [-0.39, 0.29) is 31.0 Å². The number of hydrogen-bond donors (Lipinski definition) is 2. The molecule has 174 valence electrons. The predicted octanol–water partition coefficient (Wildman–Crippen LogP) is 2.77. The molecular formula is C24H28N4O5. The van der Waals surface area contributed by atoms with Crippen LogP contribution in [-0.4, -0.2) is 56.8 Å². The Morgan fingerprint density at radius 1 is 1.12 bits per heavy atom. The van der Waals surface area contributed by atoms with Gasteiger partial charge in [0.25, 0.3) is 0 Å². The summed E-state index contributed by atoms with van der Waals surface area (Å²) < 4.78 is 10.9. The van der Waals surface area contributed by atoms with Crippen molar-refractivity contribution >= 4 is 34.9 Å². The number of carbonyl (C=O) groups is 3. The third-order valence-corrected chi connectivity index (χ3v) is 5.57. The van der Waals surface area contributed by atoms with E-state index in [0.29, 0.717) is 42.6 Å². The monoisotopic (exact) mass is 452 g/mol. The van der Waals surface area contributed by atoms with Crippen LogP contribution in [0.4, 0.5) is 21.9 Å². The zero-order valence-corrected chi connectivity index (χ0v) is 18.6. The summed E-state index contributed by atoms with van der Waals surface area (Å²) in [6.07, 6.45) is 1.94. The molecule has 1 saturated heterocycles. The molecule has 1 fully saturated rings. The van der Waals surface area contributed by atoms with E-state index in [2.05, 4.69) is 10.6 Å². The molecule has 2 aromatic rings. The van der Waals surface area contributed by atoms with Crippen LogP contribution >= 0.6 is 0 Å². The van der Waals surface area contributed by atoms with Crippen LogP contribution < -0.4 is 25.2 Å². The van der Waals surface area contributed by atoms with Crippen LogP contribution in [0.5, 0.6) is 5.75 Å². The minimum absolute atomic E-state index is 0.0279. The van der Waals surface area contributed by atoms with Gasteiger partial charge in [-0.1, -0.05) is 12.1 Å². The molecule has 2 N–H and O–H groups in total. The number of urea groups is 1. The zero-order valence-electron chi connectivity index (χ0n) is 18.6. The largest absolute Gasteiger partial charge is 0.494 e. The van der Waals surface area contributed by atoms with Crippen LogP contribution in [0, 0.1) is 0 Å². The molecule has 2 aromatic carbocycles. The molecule has 9 nitrogen and oxygen atoms in total. The number of fused-ring (bicyclic) bond motifs is 1. The lowest BCUT2D eigenvalue weighted by Gasteiger charge is -2.35. The van der Waals surface area contributed by atoms with Crippen LogP contribution in [0.2, 0.25) is 0 Å². The highest BCUT2D eigenvalue weighted by atomic mass is 16.5. The number of carbonyl (C=O) groups excluding carboxylic acids is 3. The van der Waals surface area contributed by atoms with Gasteiger partial charge < -0.3 is 20.1 Å². The average Bonchev–Trinajstić information content (AvgIpc) is 3.34. The van der Waals surface area contributed by atoms with Gasteiger partial charge in [0, 0.05) is 18.8 Å². The van der Waals surface area contributed by atoms with Crippen LogP contribution in [0.3, 0.4) is 0 Å². The highest BCUT2D eigenvalue weighted by molar-refractivity contribution is 6.15. The van der Waals surface area contributed by atoms with Crippen molar-refractivity contribution < 1.29 is 23.9 Å². The first kappa shape index (κ1) is 22.6. The minimum Gasteiger partial charge on any atom is -0.494 e. The lowest BCUT2D eigenvalue weighted by Crippen LogP contribution is -2.52. The fourth-order valence-corrected chi connectivity index (χ4v) is 3.94. The lowest BCUT2D eigenvalue weighted by molar-refractivity contribution is -0.123. The second-order valence-electron chi connectivity index (χ2n) is 7.88. The van der Waals surface area contributed by atoms with Gasteiger partial charge in [0.2, 0.25) is 11.8 Å². The van der Waals surface area contributed by atoms with Crippen molar-refractivity contribution in [2.45, 2.75) is 25.9 Å². The van der Waals surface area contributed by atoms with Gasteiger partial charge in [-0.05, 0) is 56.2 Å². The summed E-state index contributed by atoms with van der Waals surface area (Å²) in [5.41, 5.74) is 1.67. The molecule has 4 amide bonds. The Morgan fingerprint density at radius 3 is 2.58 bits per heavy atom. The molecular weight excluding hydrogens is 424 g/mol. The van der Waals surface area contributed by atoms with E-state index >= 15 is 0 Å². The highest BCUT2D eigenvalue weighted by Crippen LogP contribution is 2.33. The van der Waals surface area contributed by atoms with E-state index in [9.17, 15) is 14.4 Å². The molecule has 1 unspecified atom stereocenters. The molecule has 4 rings (SSSR count). The number of hydrogen-bond acceptors (Lipinski definition) is 5. The van der Waals surface area contributed by atoms with E-state index in [1.165, 1.54) is 9.80 Å². The SMILES string of the molecule is CCOc1ccc(NC(=O)N2CC(=O)N(CC(=O)NCC3CCCO3)c3ccccc32)cc1. The van der Waals surface area contributed by atoms with Gasteiger partial charge in [0.15, 0.2) is 0 Å². The Balaban J connectivity index is 1.44. The van der Waals surface area contributed by atoms with Crippen LogP contribution in [-0.2, 0) is 14.3 Å². The third-order valence-electron chi connectivity index (χ3n) is 5.57. The summed E-state index contributed by atoms with van der Waals surface area (Å²) in [4.78, 5) is 41.2. The number of ether oxygens (including phenoxy) is 2. The maximum absolute atomic E-state index is 13.0. The first-order valence-corrected chi connectivity index (χ1v) is 11.1. The second kappa shape index (κ2) is 10.4. The Bertz CT molecular complexity index is 1000. The minimum atomic E-state index is -0.428. The summed E-state index contributed by atoms with van der Waals surface area (Å²) in [7, 11) is 0. The zero-order chi connectivity index (χ0) is 23.2. The Morgan fingerprint density at radius 2 is 1.88 bits per heavy atom. The number of para-hydroxylation sites is 2. The van der Waals surface area contributed by atoms with Gasteiger partial charge in [-0.15, -0.1) is 0 Å². The molecule has 0 radical (unpaired) electrons. The number of anilines is 3. The van der Waals surface area contributed by atoms with E-state index in [1.807, 2.05) is 6.92 Å². The highest BCUT2D eigenvalue weighted by Gasteiger charge is 2.33. The van der Waals surface area contributed by atoms with Crippen molar-refractivity contribution in [3.63, 3.8) is 0 Å². The van der Waals surface area contributed by atoms with Gasteiger partial charge in [-0.3, -0.25) is 19.4 Å². The average molecular weight is 453 g/mol. The normalized spacial score (nSPS) is 17.5. The summed E-state index contributed by atoms with van der Waals surface area (Å²) >= 11 is 0. The van der Waals surface area contributed by atoms with Crippen molar-refractivity contribution in [2.75, 3.05) is 48.0 Å². The van der Waals surface area contributed by atoms with Gasteiger partial charge in [0.05, 0.1) is 24.1 Å². The molecule has 0 spiro atoms. The molecule has 0 aromatic heterocycles. The van der Waals surface area contributed by atoms with E-state index in [4.69, 9.17) is 9.47 Å². The topological polar surface area (TPSA) is 100 Å². The predicted molar refractivity (Wildman–Crippen MR) is 125 cm³/mol. The summed E-state index contributed by atoms with van der Waals surface area (Å²) in [6.45, 7) is 3.32. The number of benzene rings is 2. The number of nitrogens with one attached hydrogen (secondary N) is 2. The van der Waals surface area contributed by atoms with E-state index < -0.39 is 6.03 Å². The molecule has 2 aliphatic rings. The van der Waals surface area contributed by atoms with Crippen LogP contribution in [0.1, 0.15) is 19.8 Å². The first-order chi connectivity index (χ1) is 16.0. The van der Waals surface area contributed by atoms with Gasteiger partial charge >= 0.3 is 6.03 Å². The van der Waals surface area contributed by atoms with Gasteiger partial charge in [0.1, 0.15) is 18.8 Å². The second-order valence-corrected chi connectivity index (χ2v) is 7.88. The van der Waals surface area contributed by atoms with E-state index in [1.54, 1.807) is 48.5 Å². The summed E-state index contributed by atoms with van der Waals surface area (Å²) in [5.74, 6) is 0.117. The maximum Gasteiger partial charge on any atom is 0.326 e. The van der Waals surface area contributed by atoms with Crippen molar-refractivity contribution in [1.29, 1.82) is 0 Å². The van der Waals surface area contributed by atoms with Crippen molar-refractivity contribution in [3.05, 3.63) is 48.5 Å². The fourth-order valence-electron chi connectivity index (χ4n) is 3.94. The van der Waals surface area contributed by atoms with Crippen molar-refractivity contribution in [3.8, 4) is 5.75 Å².